The Balaban J connectivity index is 2.15. The minimum absolute atomic E-state index is 0.145. The van der Waals surface area contributed by atoms with Crippen LogP contribution in [-0.4, -0.2) is 28.0 Å². The summed E-state index contributed by atoms with van der Waals surface area (Å²) >= 11 is 0. The van der Waals surface area contributed by atoms with Crippen molar-refractivity contribution in [2.45, 2.75) is 36.9 Å². The Morgan fingerprint density at radius 3 is 2.77 bits per heavy atom. The maximum atomic E-state index is 10.9. The molecule has 5 nitrogen and oxygen atoms in total. The summed E-state index contributed by atoms with van der Waals surface area (Å²) in [6.07, 6.45) is 3.43. The van der Waals surface area contributed by atoms with E-state index >= 15 is 0 Å². The van der Waals surface area contributed by atoms with Gasteiger partial charge in [0.05, 0.1) is 4.92 Å². The van der Waals surface area contributed by atoms with E-state index in [0.717, 1.165) is 0 Å². The van der Waals surface area contributed by atoms with Gasteiger partial charge in [-0.3, -0.25) is 14.9 Å². The van der Waals surface area contributed by atoms with E-state index in [4.69, 9.17) is 9.47 Å². The molecule has 70 valence electrons. The molecule has 1 aliphatic carbocycles. The predicted molar refractivity (Wildman–Crippen MR) is 41.6 cm³/mol. The molecule has 2 fully saturated rings. The van der Waals surface area contributed by atoms with E-state index in [2.05, 4.69) is 0 Å². The summed E-state index contributed by atoms with van der Waals surface area (Å²) in [7, 11) is 0. The van der Waals surface area contributed by atoms with Crippen molar-refractivity contribution in [2.24, 2.45) is 0 Å². The minimum Gasteiger partial charge on any atom is -0.351 e. The van der Waals surface area contributed by atoms with E-state index in [1.807, 2.05) is 6.08 Å². The Bertz CT molecular complexity index is 354. The highest BCUT2D eigenvalue weighted by Gasteiger charge is 2.94. The zero-order chi connectivity index (χ0) is 9.48. The van der Waals surface area contributed by atoms with E-state index in [1.54, 1.807) is 19.9 Å². The number of ether oxygens (including phenoxy) is 2. The molecule has 13 heavy (non-hydrogen) atoms. The average molecular weight is 183 g/mol. The molecule has 0 bridgehead atoms. The normalized spacial score (nSPS) is 60.9. The highest BCUT2D eigenvalue weighted by Crippen LogP contribution is 2.66. The van der Waals surface area contributed by atoms with E-state index in [1.165, 1.54) is 0 Å². The van der Waals surface area contributed by atoms with Crippen LogP contribution < -0.4 is 0 Å². The Kier molecular flexibility index (Phi) is 0.877. The lowest BCUT2D eigenvalue weighted by Gasteiger charge is -2.13. The van der Waals surface area contributed by atoms with Gasteiger partial charge in [0.1, 0.15) is 6.10 Å². The summed E-state index contributed by atoms with van der Waals surface area (Å²) in [6, 6.07) is 0. The summed E-state index contributed by atoms with van der Waals surface area (Å²) in [5, 5.41) is 10.9. The minimum atomic E-state index is -1.33. The van der Waals surface area contributed by atoms with Gasteiger partial charge in [-0.15, -0.1) is 0 Å². The number of rotatable bonds is 1. The van der Waals surface area contributed by atoms with E-state index in [0.29, 0.717) is 0 Å². The lowest BCUT2D eigenvalue weighted by molar-refractivity contribution is -0.575. The molecular weight excluding hydrogens is 174 g/mol. The van der Waals surface area contributed by atoms with Gasteiger partial charge >= 0.3 is 5.72 Å². The summed E-state index contributed by atoms with van der Waals surface area (Å²) in [5.41, 5.74) is -2.85. The molecule has 5 heteroatoms. The van der Waals surface area contributed by atoms with Crippen LogP contribution in [0.5, 0.6) is 0 Å². The van der Waals surface area contributed by atoms with Crippen LogP contribution in [0.25, 0.3) is 0 Å². The van der Waals surface area contributed by atoms with E-state index in [-0.39, 0.29) is 11.0 Å². The van der Waals surface area contributed by atoms with Gasteiger partial charge in [0, 0.05) is 0 Å². The molecule has 0 aromatic carbocycles. The van der Waals surface area contributed by atoms with Crippen LogP contribution in [0.4, 0.5) is 0 Å². The molecule has 3 aliphatic rings. The third-order valence-electron chi connectivity index (χ3n) is 3.37. The number of hydrogen-bond donors (Lipinski definition) is 0. The first kappa shape index (κ1) is 7.46. The fourth-order valence-electron chi connectivity index (χ4n) is 2.42. The highest BCUT2D eigenvalue weighted by molar-refractivity contribution is 5.38. The fourth-order valence-corrected chi connectivity index (χ4v) is 2.42. The van der Waals surface area contributed by atoms with Gasteiger partial charge in [-0.05, 0) is 19.9 Å². The van der Waals surface area contributed by atoms with Gasteiger partial charge in [-0.25, -0.2) is 0 Å². The van der Waals surface area contributed by atoms with Crippen LogP contribution in [0.15, 0.2) is 12.2 Å². The Morgan fingerprint density at radius 2 is 2.23 bits per heavy atom. The standard InChI is InChI=1S/C8H9NO4/c1-6-4-3-5-7(2,12-5)8(6,13-6)9(10)11/h3-5H,1-2H3. The molecule has 0 N–H and O–H groups in total. The summed E-state index contributed by atoms with van der Waals surface area (Å²) in [5.74, 6) is 0. The smallest absolute Gasteiger partial charge is 0.351 e. The summed E-state index contributed by atoms with van der Waals surface area (Å²) in [4.78, 5) is 10.6. The maximum Gasteiger partial charge on any atom is 0.389 e. The van der Waals surface area contributed by atoms with Crippen molar-refractivity contribution in [1.82, 2.24) is 0 Å². The summed E-state index contributed by atoms with van der Waals surface area (Å²) < 4.78 is 10.6. The second-order valence-corrected chi connectivity index (χ2v) is 4.11. The van der Waals surface area contributed by atoms with Crippen LogP contribution in [0, 0.1) is 10.1 Å². The SMILES string of the molecule is CC12C=CC3OC3(C)C1([N+](=O)[O-])O2. The van der Waals surface area contributed by atoms with Gasteiger partial charge in [-0.2, -0.15) is 0 Å². The van der Waals surface area contributed by atoms with Crippen molar-refractivity contribution >= 4 is 0 Å². The van der Waals surface area contributed by atoms with Gasteiger partial charge in [0.25, 0.3) is 0 Å². The molecule has 0 amide bonds. The van der Waals surface area contributed by atoms with Gasteiger partial charge in [0.2, 0.25) is 0 Å². The monoisotopic (exact) mass is 183 g/mol. The highest BCUT2D eigenvalue weighted by atomic mass is 16.8. The first-order chi connectivity index (χ1) is 5.96. The van der Waals surface area contributed by atoms with Crippen LogP contribution in [0.2, 0.25) is 0 Å². The van der Waals surface area contributed by atoms with Crippen LogP contribution in [-0.2, 0) is 9.47 Å². The molecule has 3 rings (SSSR count). The first-order valence-electron chi connectivity index (χ1n) is 4.18. The molecule has 0 saturated carbocycles. The van der Waals surface area contributed by atoms with Gasteiger partial charge in [0.15, 0.2) is 11.2 Å². The molecule has 0 radical (unpaired) electrons. The van der Waals surface area contributed by atoms with Crippen LogP contribution in [0.3, 0.4) is 0 Å². The zero-order valence-corrected chi connectivity index (χ0v) is 7.31. The van der Waals surface area contributed by atoms with Gasteiger partial charge < -0.3 is 4.74 Å². The maximum absolute atomic E-state index is 10.9. The third-order valence-corrected chi connectivity index (χ3v) is 3.37. The second-order valence-electron chi connectivity index (χ2n) is 4.11. The van der Waals surface area contributed by atoms with Crippen molar-refractivity contribution in [3.63, 3.8) is 0 Å². The first-order valence-corrected chi connectivity index (χ1v) is 4.18. The van der Waals surface area contributed by atoms with Gasteiger partial charge in [-0.1, -0.05) is 6.08 Å². The molecule has 2 aliphatic heterocycles. The van der Waals surface area contributed by atoms with Crippen molar-refractivity contribution < 1.29 is 14.4 Å². The molecule has 2 saturated heterocycles. The summed E-state index contributed by atoms with van der Waals surface area (Å²) in [6.45, 7) is 3.45. The van der Waals surface area contributed by atoms with Crippen LogP contribution >= 0.6 is 0 Å². The Morgan fingerprint density at radius 1 is 1.54 bits per heavy atom. The fraction of sp³-hybridized carbons (Fsp3) is 0.750. The average Bonchev–Trinajstić information content (AvgIpc) is 2.83. The number of nitro groups is 1. The zero-order valence-electron chi connectivity index (χ0n) is 7.31. The number of hydrogen-bond acceptors (Lipinski definition) is 4. The van der Waals surface area contributed by atoms with E-state index < -0.39 is 16.9 Å². The molecule has 0 aromatic heterocycles. The molecular formula is C8H9NO4. The number of fused-ring (bicyclic) bond motifs is 3. The van der Waals surface area contributed by atoms with Crippen molar-refractivity contribution in [1.29, 1.82) is 0 Å². The van der Waals surface area contributed by atoms with E-state index in [9.17, 15) is 10.1 Å². The predicted octanol–water partition coefficient (Wildman–Crippen LogP) is 0.476. The molecule has 4 atom stereocenters. The lowest BCUT2D eigenvalue weighted by Crippen LogP contribution is -2.46. The second kappa shape index (κ2) is 1.53. The molecule has 2 heterocycles. The van der Waals surface area contributed by atoms with Crippen LogP contribution in [0.1, 0.15) is 13.8 Å². The Labute approximate surface area is 74.5 Å². The molecule has 4 unspecified atom stereocenters. The van der Waals surface area contributed by atoms with Crippen molar-refractivity contribution in [3.8, 4) is 0 Å². The van der Waals surface area contributed by atoms with Crippen molar-refractivity contribution in [2.75, 3.05) is 0 Å². The topological polar surface area (TPSA) is 68.2 Å². The number of nitrogens with zero attached hydrogens (tertiary/aromatic N) is 1. The molecule has 0 aromatic rings. The Hall–Kier alpha value is -0.940. The quantitative estimate of drug-likeness (QED) is 0.256. The molecule has 0 spiro atoms. The largest absolute Gasteiger partial charge is 0.389 e. The van der Waals surface area contributed by atoms with Crippen molar-refractivity contribution in [3.05, 3.63) is 22.3 Å². The number of epoxide rings is 2. The third kappa shape index (κ3) is 0.513. The lowest BCUT2D eigenvalue weighted by atomic mass is 9.84.